The summed E-state index contributed by atoms with van der Waals surface area (Å²) in [7, 11) is -2.70. The van der Waals surface area contributed by atoms with Gasteiger partial charge in [-0.1, -0.05) is 11.2 Å². The number of hydrogen-bond acceptors (Lipinski definition) is 9. The summed E-state index contributed by atoms with van der Waals surface area (Å²) in [5, 5.41) is 14.1. The van der Waals surface area contributed by atoms with Crippen LogP contribution in [-0.4, -0.2) is 70.0 Å². The number of nitrogens with zero attached hydrogens (tertiary/aromatic N) is 5. The van der Waals surface area contributed by atoms with E-state index in [1.807, 2.05) is 0 Å². The molecule has 1 fully saturated rings. The average Bonchev–Trinajstić information content (AvgIpc) is 3.34. The van der Waals surface area contributed by atoms with Crippen molar-refractivity contribution in [3.05, 3.63) is 42.3 Å². The van der Waals surface area contributed by atoms with Crippen LogP contribution in [0.4, 0.5) is 13.2 Å². The molecule has 0 spiro atoms. The molecule has 1 amide bonds. The van der Waals surface area contributed by atoms with Gasteiger partial charge >= 0.3 is 6.18 Å². The summed E-state index contributed by atoms with van der Waals surface area (Å²) >= 11 is 0. The van der Waals surface area contributed by atoms with Crippen LogP contribution in [-0.2, 0) is 20.2 Å². The van der Waals surface area contributed by atoms with Crippen molar-refractivity contribution in [2.24, 2.45) is 0 Å². The molecule has 0 unspecified atom stereocenters. The van der Waals surface area contributed by atoms with E-state index in [0.717, 1.165) is 19.4 Å². The van der Waals surface area contributed by atoms with Gasteiger partial charge in [0.05, 0.1) is 17.1 Å². The lowest BCUT2D eigenvalue weighted by Crippen LogP contribution is -2.41. The second kappa shape index (κ2) is 7.59. The number of alkyl halides is 3. The molecule has 33 heavy (non-hydrogen) atoms. The highest BCUT2D eigenvalue weighted by molar-refractivity contribution is 7.90. The molecule has 4 rings (SSSR count). The van der Waals surface area contributed by atoms with Crippen molar-refractivity contribution in [3.8, 4) is 22.8 Å². The number of carbonyl (C=O) groups is 1. The molecular weight excluding hydrogens is 467 g/mol. The number of likely N-dealkylation sites (N-methyl/N-ethyl adjacent to an activating group) is 1. The van der Waals surface area contributed by atoms with Gasteiger partial charge in [0.2, 0.25) is 20.6 Å². The molecule has 1 saturated heterocycles. The van der Waals surface area contributed by atoms with Gasteiger partial charge in [-0.15, -0.1) is 0 Å². The van der Waals surface area contributed by atoms with E-state index in [-0.39, 0.29) is 27.9 Å². The van der Waals surface area contributed by atoms with Crippen LogP contribution < -0.4 is 0 Å². The fourth-order valence-electron chi connectivity index (χ4n) is 3.45. The molecule has 4 heterocycles. The Hall–Kier alpha value is -3.39. The zero-order chi connectivity index (χ0) is 24.2. The third-order valence-electron chi connectivity index (χ3n) is 5.17. The van der Waals surface area contributed by atoms with Crippen LogP contribution >= 0.6 is 0 Å². The van der Waals surface area contributed by atoms with Crippen LogP contribution in [0.15, 0.2) is 46.2 Å². The normalized spacial score (nSPS) is 21.6. The number of likely N-dealkylation sites (tertiary alicyclic amines) is 1. The zero-order valence-electron chi connectivity index (χ0n) is 17.1. The number of sulfone groups is 1. The van der Waals surface area contributed by atoms with Crippen molar-refractivity contribution in [2.75, 3.05) is 13.3 Å². The Bertz CT molecular complexity index is 1340. The number of hydrogen-bond donors (Lipinski definition) is 1. The molecule has 174 valence electrons. The molecule has 0 radical (unpaired) electrons. The average molecular weight is 483 g/mol. The highest BCUT2D eigenvalue weighted by atomic mass is 32.2. The van der Waals surface area contributed by atoms with Gasteiger partial charge in [0.15, 0.2) is 5.76 Å². The summed E-state index contributed by atoms with van der Waals surface area (Å²) in [6, 6.07) is 5.04. The Morgan fingerprint density at radius 2 is 1.79 bits per heavy atom. The first-order valence-electron chi connectivity index (χ1n) is 9.35. The van der Waals surface area contributed by atoms with E-state index < -0.39 is 45.7 Å². The van der Waals surface area contributed by atoms with E-state index in [9.17, 15) is 31.5 Å². The lowest BCUT2D eigenvalue weighted by Gasteiger charge is -2.21. The van der Waals surface area contributed by atoms with Gasteiger partial charge in [-0.25, -0.2) is 23.4 Å². The maximum Gasteiger partial charge on any atom is 0.408 e. The number of rotatable bonds is 4. The molecule has 3 aromatic heterocycles. The minimum absolute atomic E-state index is 0.0450. The van der Waals surface area contributed by atoms with Crippen LogP contribution in [0.5, 0.6) is 0 Å². The minimum atomic E-state index is -4.73. The first kappa shape index (κ1) is 22.8. The zero-order valence-corrected chi connectivity index (χ0v) is 17.9. The molecule has 3 aromatic rings. The maximum absolute atomic E-state index is 13.2. The summed E-state index contributed by atoms with van der Waals surface area (Å²) in [6.45, 7) is 0. The van der Waals surface area contributed by atoms with Crippen LogP contribution in [0, 0.1) is 0 Å². The maximum atomic E-state index is 13.2. The van der Waals surface area contributed by atoms with Crippen molar-refractivity contribution >= 4 is 15.7 Å². The molecule has 0 bridgehead atoms. The largest absolute Gasteiger partial charge is 0.408 e. The lowest BCUT2D eigenvalue weighted by atomic mass is 9.96. The predicted octanol–water partition coefficient (Wildman–Crippen LogP) is 1.58. The number of aromatic nitrogens is 4. The van der Waals surface area contributed by atoms with Gasteiger partial charge in [-0.2, -0.15) is 13.2 Å². The molecule has 0 aromatic carbocycles. The molecule has 0 aliphatic carbocycles. The van der Waals surface area contributed by atoms with Gasteiger partial charge in [-0.05, 0) is 18.2 Å². The van der Waals surface area contributed by atoms with Gasteiger partial charge < -0.3 is 14.5 Å². The molecule has 0 saturated carbocycles. The highest BCUT2D eigenvalue weighted by Gasteiger charge is 2.60. The van der Waals surface area contributed by atoms with Crippen LogP contribution in [0.2, 0.25) is 0 Å². The van der Waals surface area contributed by atoms with Gasteiger partial charge in [0, 0.05) is 32.0 Å². The molecule has 10 nitrogen and oxygen atoms in total. The van der Waals surface area contributed by atoms with Gasteiger partial charge in [-0.3, -0.25) is 4.79 Å². The van der Waals surface area contributed by atoms with Gasteiger partial charge in [0.25, 0.3) is 5.91 Å². The summed E-state index contributed by atoms with van der Waals surface area (Å²) in [4.78, 5) is 24.8. The summed E-state index contributed by atoms with van der Waals surface area (Å²) in [6.07, 6.45) is -3.45. The molecule has 1 aliphatic heterocycles. The Morgan fingerprint density at radius 3 is 2.39 bits per heavy atom. The summed E-state index contributed by atoms with van der Waals surface area (Å²) in [5.74, 6) is -1.61. The molecular formula is C19H16F3N5O5S. The molecule has 1 N–H and O–H groups in total. The number of pyridine rings is 1. The lowest BCUT2D eigenvalue weighted by molar-refractivity contribution is -0.177. The minimum Gasteiger partial charge on any atom is -0.373 e. The monoisotopic (exact) mass is 483 g/mol. The number of amides is 1. The first-order valence-corrected chi connectivity index (χ1v) is 11.2. The molecule has 1 aliphatic rings. The Kier molecular flexibility index (Phi) is 5.24. The van der Waals surface area contributed by atoms with Crippen molar-refractivity contribution in [1.82, 2.24) is 25.0 Å². The first-order chi connectivity index (χ1) is 15.3. The number of aliphatic hydroxyl groups is 1. The van der Waals surface area contributed by atoms with Crippen molar-refractivity contribution in [2.45, 2.75) is 29.4 Å². The summed E-state index contributed by atoms with van der Waals surface area (Å²) < 4.78 is 68.1. The van der Waals surface area contributed by atoms with E-state index in [0.29, 0.717) is 4.90 Å². The molecule has 2 atom stereocenters. The fourth-order valence-corrected chi connectivity index (χ4v) is 3.97. The van der Waals surface area contributed by atoms with Crippen LogP contribution in [0.25, 0.3) is 22.8 Å². The Labute approximate surface area is 185 Å². The van der Waals surface area contributed by atoms with Crippen molar-refractivity contribution in [1.29, 1.82) is 0 Å². The SMILES string of the molecule is CN1C(=O)[C@](O)(c2cc(-c3cccc(-c4ccnc(S(C)(=O)=O)n4)n3)no2)C[C@H]1C(F)(F)F. The van der Waals surface area contributed by atoms with Crippen molar-refractivity contribution in [3.63, 3.8) is 0 Å². The Balaban J connectivity index is 1.68. The second-order valence-corrected chi connectivity index (χ2v) is 9.43. The predicted molar refractivity (Wildman–Crippen MR) is 105 cm³/mol. The Morgan fingerprint density at radius 1 is 1.15 bits per heavy atom. The van der Waals surface area contributed by atoms with E-state index in [4.69, 9.17) is 4.52 Å². The van der Waals surface area contributed by atoms with Crippen LogP contribution in [0.3, 0.4) is 0 Å². The topological polar surface area (TPSA) is 139 Å². The third kappa shape index (κ3) is 4.06. The van der Waals surface area contributed by atoms with Crippen LogP contribution in [0.1, 0.15) is 12.2 Å². The quantitative estimate of drug-likeness (QED) is 0.548. The third-order valence-corrected chi connectivity index (χ3v) is 6.03. The van der Waals surface area contributed by atoms with E-state index in [1.54, 1.807) is 12.1 Å². The van der Waals surface area contributed by atoms with E-state index in [1.165, 1.54) is 18.3 Å². The van der Waals surface area contributed by atoms with Crippen molar-refractivity contribution < 1.29 is 36.0 Å². The number of halogens is 3. The van der Waals surface area contributed by atoms with E-state index in [2.05, 4.69) is 20.1 Å². The fraction of sp³-hybridized carbons (Fsp3) is 0.316. The number of carbonyl (C=O) groups excluding carboxylic acids is 1. The second-order valence-electron chi connectivity index (χ2n) is 7.52. The highest BCUT2D eigenvalue weighted by Crippen LogP contribution is 2.43. The van der Waals surface area contributed by atoms with Gasteiger partial charge in [0.1, 0.15) is 11.7 Å². The molecule has 14 heteroatoms. The standard InChI is InChI=1S/C19H16F3N5O5S/c1-27-14(19(20,21)22)9-18(29,16(27)28)15-8-13(26-32-15)11-5-3-4-10(24-11)12-6-7-23-17(25-12)33(2,30)31/h3-8,14,29H,9H2,1-2H3/t14-,18+/m0/s1. The summed E-state index contributed by atoms with van der Waals surface area (Å²) in [5.41, 5.74) is -1.83. The smallest absolute Gasteiger partial charge is 0.373 e. The van der Waals surface area contributed by atoms with E-state index >= 15 is 0 Å².